The molecule has 0 aromatic heterocycles. The van der Waals surface area contributed by atoms with Gasteiger partial charge < -0.3 is 10.4 Å². The second-order valence-electron chi connectivity index (χ2n) is 5.73. The van der Waals surface area contributed by atoms with E-state index in [1.165, 1.54) is 18.2 Å². The third-order valence-electron chi connectivity index (χ3n) is 3.73. The number of phenolic OH excluding ortho intramolecular Hbond substituents is 1. The molecule has 3 nitrogen and oxygen atoms in total. The van der Waals surface area contributed by atoms with Crippen LogP contribution in [-0.2, 0) is 0 Å². The smallest absolute Gasteiger partial charge is 0.446 e. The Morgan fingerprint density at radius 1 is 1.39 bits per heavy atom. The van der Waals surface area contributed by atoms with E-state index >= 15 is 0 Å². The fourth-order valence-electron chi connectivity index (χ4n) is 2.76. The highest BCUT2D eigenvalue weighted by atomic mass is 32.2. The fraction of sp³-hybridized carbons (Fsp3) is 0.500. The van der Waals surface area contributed by atoms with E-state index in [2.05, 4.69) is 16.8 Å². The molecule has 2 N–H and O–H groups in total. The molecule has 0 unspecified atom stereocenters. The lowest BCUT2D eigenvalue weighted by molar-refractivity contribution is -0.0328. The van der Waals surface area contributed by atoms with Gasteiger partial charge in [0, 0.05) is 42.7 Å². The van der Waals surface area contributed by atoms with Crippen molar-refractivity contribution < 1.29 is 18.3 Å². The Hall–Kier alpha value is -1.18. The number of hydrogen-bond acceptors (Lipinski definition) is 4. The second-order valence-corrected chi connectivity index (χ2v) is 6.87. The molecule has 1 aromatic rings. The normalized spacial score (nSPS) is 17.9. The maximum absolute atomic E-state index is 12.6. The van der Waals surface area contributed by atoms with E-state index in [0.717, 1.165) is 31.8 Å². The molecule has 0 aliphatic carbocycles. The van der Waals surface area contributed by atoms with Gasteiger partial charge in [-0.25, -0.2) is 0 Å². The number of alkyl halides is 3. The van der Waals surface area contributed by atoms with E-state index in [4.69, 9.17) is 0 Å². The molecular weight excluding hydrogens is 325 g/mol. The highest BCUT2D eigenvalue weighted by Crippen LogP contribution is 2.41. The van der Waals surface area contributed by atoms with Crippen molar-refractivity contribution >= 4 is 11.8 Å². The predicted molar refractivity (Wildman–Crippen MR) is 86.6 cm³/mol. The minimum Gasteiger partial charge on any atom is -0.508 e. The van der Waals surface area contributed by atoms with Crippen molar-refractivity contribution in [3.05, 3.63) is 35.9 Å². The Bertz CT molecular complexity index is 557. The monoisotopic (exact) mass is 346 g/mol. The van der Waals surface area contributed by atoms with Crippen LogP contribution in [0.3, 0.4) is 0 Å². The van der Waals surface area contributed by atoms with Crippen molar-refractivity contribution in [3.8, 4) is 5.75 Å². The van der Waals surface area contributed by atoms with Crippen molar-refractivity contribution in [2.75, 3.05) is 26.2 Å². The van der Waals surface area contributed by atoms with Gasteiger partial charge in [-0.2, -0.15) is 13.2 Å². The van der Waals surface area contributed by atoms with Gasteiger partial charge in [-0.05, 0) is 43.3 Å². The molecule has 1 aliphatic rings. The van der Waals surface area contributed by atoms with Crippen LogP contribution in [0.5, 0.6) is 5.75 Å². The summed E-state index contributed by atoms with van der Waals surface area (Å²) >= 11 is -0.158. The SMILES string of the molecule is C=C(C)C[C@@H](c1cc(SC(F)(F)F)ccc1O)N1CCNCC1. The molecule has 0 radical (unpaired) electrons. The van der Waals surface area contributed by atoms with Crippen LogP contribution in [0, 0.1) is 0 Å². The standard InChI is InChI=1S/C16H21F3N2OS/c1-11(2)9-14(21-7-5-20-6-8-21)13-10-12(3-4-15(13)22)23-16(17,18)19/h3-4,10,14,20,22H,1,5-9H2,2H3/t14-/m0/s1. The van der Waals surface area contributed by atoms with Crippen molar-refractivity contribution in [1.29, 1.82) is 0 Å². The molecule has 1 fully saturated rings. The Kier molecular flexibility index (Phi) is 6.00. The van der Waals surface area contributed by atoms with E-state index in [9.17, 15) is 18.3 Å². The van der Waals surface area contributed by atoms with Crippen LogP contribution in [-0.4, -0.2) is 41.7 Å². The third-order valence-corrected chi connectivity index (χ3v) is 4.45. The van der Waals surface area contributed by atoms with Crippen LogP contribution >= 0.6 is 11.8 Å². The molecule has 0 amide bonds. The molecule has 1 aliphatic heterocycles. The van der Waals surface area contributed by atoms with Gasteiger partial charge in [0.25, 0.3) is 0 Å². The minimum absolute atomic E-state index is 0.0290. The van der Waals surface area contributed by atoms with Gasteiger partial charge in [-0.1, -0.05) is 5.57 Å². The molecule has 128 valence electrons. The van der Waals surface area contributed by atoms with Gasteiger partial charge >= 0.3 is 5.51 Å². The highest BCUT2D eigenvalue weighted by Gasteiger charge is 2.31. The summed E-state index contributed by atoms with van der Waals surface area (Å²) in [5, 5.41) is 13.4. The number of nitrogens with one attached hydrogen (secondary N) is 1. The first kappa shape index (κ1) is 18.2. The lowest BCUT2D eigenvalue weighted by Gasteiger charge is -2.36. The van der Waals surface area contributed by atoms with Gasteiger partial charge in [-0.15, -0.1) is 6.58 Å². The summed E-state index contributed by atoms with van der Waals surface area (Å²) in [4.78, 5) is 2.27. The number of halogens is 3. The molecule has 0 spiro atoms. The van der Waals surface area contributed by atoms with Crippen LogP contribution in [0.25, 0.3) is 0 Å². The van der Waals surface area contributed by atoms with Crippen molar-refractivity contribution in [1.82, 2.24) is 10.2 Å². The van der Waals surface area contributed by atoms with E-state index < -0.39 is 5.51 Å². The molecule has 0 saturated carbocycles. The molecule has 0 bridgehead atoms. The number of phenols is 1. The largest absolute Gasteiger partial charge is 0.508 e. The molecule has 1 atom stereocenters. The van der Waals surface area contributed by atoms with E-state index in [0.29, 0.717) is 12.0 Å². The van der Waals surface area contributed by atoms with E-state index in [1.807, 2.05) is 6.92 Å². The molecule has 1 heterocycles. The number of nitrogens with zero attached hydrogens (tertiary/aromatic N) is 1. The summed E-state index contributed by atoms with van der Waals surface area (Å²) in [5.74, 6) is 0.0290. The number of thioether (sulfide) groups is 1. The first-order valence-corrected chi connectivity index (χ1v) is 8.26. The van der Waals surface area contributed by atoms with Gasteiger partial charge in [0.05, 0.1) is 0 Å². The third kappa shape index (κ3) is 5.44. The predicted octanol–water partition coefficient (Wildman–Crippen LogP) is 3.92. The average molecular weight is 346 g/mol. The maximum Gasteiger partial charge on any atom is 0.446 e. The van der Waals surface area contributed by atoms with Gasteiger partial charge in [0.2, 0.25) is 0 Å². The summed E-state index contributed by atoms with van der Waals surface area (Å²) in [6, 6.07) is 3.93. The Morgan fingerprint density at radius 2 is 2.04 bits per heavy atom. The maximum atomic E-state index is 12.6. The fourth-order valence-corrected chi connectivity index (χ4v) is 3.35. The van der Waals surface area contributed by atoms with E-state index in [1.54, 1.807) is 0 Å². The molecule has 7 heteroatoms. The summed E-state index contributed by atoms with van der Waals surface area (Å²) in [6.07, 6.45) is 0.605. The van der Waals surface area contributed by atoms with Crippen molar-refractivity contribution in [2.24, 2.45) is 0 Å². The molecular formula is C16H21F3N2OS. The number of benzene rings is 1. The molecule has 2 rings (SSSR count). The van der Waals surface area contributed by atoms with Gasteiger partial charge in [-0.3, -0.25) is 4.90 Å². The number of hydrogen-bond donors (Lipinski definition) is 2. The van der Waals surface area contributed by atoms with Crippen LogP contribution in [0.4, 0.5) is 13.2 Å². The number of aromatic hydroxyl groups is 1. The van der Waals surface area contributed by atoms with Gasteiger partial charge in [0.1, 0.15) is 5.75 Å². The Labute approximate surface area is 138 Å². The van der Waals surface area contributed by atoms with Gasteiger partial charge in [0.15, 0.2) is 0 Å². The first-order valence-electron chi connectivity index (χ1n) is 7.44. The zero-order valence-electron chi connectivity index (χ0n) is 13.0. The van der Waals surface area contributed by atoms with Crippen molar-refractivity contribution in [2.45, 2.75) is 29.8 Å². The number of rotatable bonds is 5. The zero-order valence-corrected chi connectivity index (χ0v) is 13.8. The van der Waals surface area contributed by atoms with Crippen molar-refractivity contribution in [3.63, 3.8) is 0 Å². The quantitative estimate of drug-likeness (QED) is 0.626. The summed E-state index contributed by atoms with van der Waals surface area (Å²) < 4.78 is 37.8. The minimum atomic E-state index is -4.34. The highest BCUT2D eigenvalue weighted by molar-refractivity contribution is 8.00. The van der Waals surface area contributed by atoms with Crippen LogP contribution in [0.1, 0.15) is 24.9 Å². The lowest BCUT2D eigenvalue weighted by atomic mass is 9.97. The molecule has 23 heavy (non-hydrogen) atoms. The Morgan fingerprint density at radius 3 is 2.61 bits per heavy atom. The number of piperazine rings is 1. The lowest BCUT2D eigenvalue weighted by Crippen LogP contribution is -2.45. The van der Waals surface area contributed by atoms with Crippen LogP contribution in [0.2, 0.25) is 0 Å². The average Bonchev–Trinajstić information content (AvgIpc) is 2.46. The topological polar surface area (TPSA) is 35.5 Å². The molecule has 1 saturated heterocycles. The second kappa shape index (κ2) is 7.59. The first-order chi connectivity index (χ1) is 10.8. The van der Waals surface area contributed by atoms with Crippen LogP contribution in [0.15, 0.2) is 35.2 Å². The summed E-state index contributed by atoms with van der Waals surface area (Å²) in [6.45, 7) is 9.03. The summed E-state index contributed by atoms with van der Waals surface area (Å²) in [5.41, 5.74) is -2.88. The molecule has 1 aromatic carbocycles. The Balaban J connectivity index is 2.32. The van der Waals surface area contributed by atoms with E-state index in [-0.39, 0.29) is 28.4 Å². The summed E-state index contributed by atoms with van der Waals surface area (Å²) in [7, 11) is 0. The zero-order chi connectivity index (χ0) is 17.0. The van der Waals surface area contributed by atoms with Crippen LogP contribution < -0.4 is 5.32 Å².